The number of halogens is 2. The maximum atomic E-state index is 13.7. The summed E-state index contributed by atoms with van der Waals surface area (Å²) in [7, 11) is 1.92. The second kappa shape index (κ2) is 7.60. The molecular weight excluding hydrogens is 310 g/mol. The fourth-order valence-electron chi connectivity index (χ4n) is 3.66. The lowest BCUT2D eigenvalue weighted by Gasteiger charge is -2.35. The maximum absolute atomic E-state index is 13.7. The highest BCUT2D eigenvalue weighted by Gasteiger charge is 2.29. The number of likely N-dealkylation sites (tertiary alicyclic amines) is 1. The van der Waals surface area contributed by atoms with E-state index >= 15 is 0 Å². The largest absolute Gasteiger partial charge is 0.345 e. The highest BCUT2D eigenvalue weighted by Crippen LogP contribution is 2.29. The van der Waals surface area contributed by atoms with Crippen molar-refractivity contribution in [1.82, 2.24) is 9.80 Å². The van der Waals surface area contributed by atoms with Gasteiger partial charge in [-0.05, 0) is 50.8 Å². The first-order valence-electron chi connectivity index (χ1n) is 8.94. The first kappa shape index (κ1) is 17.3. The van der Waals surface area contributed by atoms with Crippen LogP contribution in [0.3, 0.4) is 0 Å². The van der Waals surface area contributed by atoms with E-state index in [1.165, 1.54) is 18.6 Å². The second-order valence-electron chi connectivity index (χ2n) is 7.30. The molecule has 2 aliphatic rings. The number of carbonyl (C=O) groups excluding carboxylic acids is 1. The molecule has 3 rings (SSSR count). The molecule has 0 radical (unpaired) electrons. The topological polar surface area (TPSA) is 23.6 Å². The molecule has 0 bridgehead atoms. The van der Waals surface area contributed by atoms with Crippen molar-refractivity contribution in [3.8, 4) is 0 Å². The first-order chi connectivity index (χ1) is 11.5. The summed E-state index contributed by atoms with van der Waals surface area (Å²) in [5.74, 6) is 0.0824. The van der Waals surface area contributed by atoms with E-state index in [9.17, 15) is 13.6 Å². The van der Waals surface area contributed by atoms with Crippen LogP contribution in [0.15, 0.2) is 18.2 Å². The van der Waals surface area contributed by atoms with Gasteiger partial charge in [0, 0.05) is 37.7 Å². The molecule has 0 atom stereocenters. The van der Waals surface area contributed by atoms with Crippen LogP contribution in [0.2, 0.25) is 0 Å². The van der Waals surface area contributed by atoms with Gasteiger partial charge in [-0.25, -0.2) is 8.78 Å². The predicted molar refractivity (Wildman–Crippen MR) is 89.3 cm³/mol. The minimum absolute atomic E-state index is 0.261. The molecule has 1 aliphatic carbocycles. The molecule has 24 heavy (non-hydrogen) atoms. The summed E-state index contributed by atoms with van der Waals surface area (Å²) < 4.78 is 26.7. The zero-order valence-electron chi connectivity index (χ0n) is 14.3. The molecule has 5 heteroatoms. The normalized spacial score (nSPS) is 20.0. The second-order valence-corrected chi connectivity index (χ2v) is 7.30. The average molecular weight is 336 g/mol. The molecule has 1 saturated heterocycles. The van der Waals surface area contributed by atoms with Gasteiger partial charge in [0.2, 0.25) is 5.91 Å². The van der Waals surface area contributed by atoms with E-state index in [4.69, 9.17) is 0 Å². The lowest BCUT2D eigenvalue weighted by Crippen LogP contribution is -2.42. The summed E-state index contributed by atoms with van der Waals surface area (Å²) in [6, 6.07) is 3.79. The smallest absolute Gasteiger partial charge is 0.225 e. The molecule has 3 nitrogen and oxygen atoms in total. The molecule has 2 fully saturated rings. The Morgan fingerprint density at radius 2 is 1.92 bits per heavy atom. The fraction of sp³-hybridized carbons (Fsp3) is 0.632. The Labute approximate surface area is 142 Å². The number of nitrogens with zero attached hydrogens (tertiary/aromatic N) is 2. The summed E-state index contributed by atoms with van der Waals surface area (Å²) in [5, 5.41) is 0. The van der Waals surface area contributed by atoms with Crippen LogP contribution >= 0.6 is 0 Å². The van der Waals surface area contributed by atoms with Crippen molar-refractivity contribution in [1.29, 1.82) is 0 Å². The summed E-state index contributed by atoms with van der Waals surface area (Å²) in [6.07, 6.45) is 5.31. The number of carbonyl (C=O) groups is 1. The van der Waals surface area contributed by atoms with Gasteiger partial charge < -0.3 is 4.90 Å². The van der Waals surface area contributed by atoms with Crippen molar-refractivity contribution in [2.75, 3.05) is 26.7 Å². The van der Waals surface area contributed by atoms with E-state index in [-0.39, 0.29) is 5.92 Å². The number of hydrogen-bond acceptors (Lipinski definition) is 2. The lowest BCUT2D eigenvalue weighted by atomic mass is 9.84. The van der Waals surface area contributed by atoms with E-state index in [1.807, 2.05) is 11.9 Å². The molecular formula is C19H26F2N2O. The zero-order valence-corrected chi connectivity index (χ0v) is 14.3. The van der Waals surface area contributed by atoms with Crippen LogP contribution in [0, 0.1) is 23.5 Å². The third-order valence-electron chi connectivity index (χ3n) is 5.48. The first-order valence-corrected chi connectivity index (χ1v) is 8.94. The van der Waals surface area contributed by atoms with Crippen molar-refractivity contribution in [2.24, 2.45) is 11.8 Å². The molecule has 1 heterocycles. The molecule has 0 spiro atoms. The summed E-state index contributed by atoms with van der Waals surface area (Å²) in [5.41, 5.74) is 0.548. The van der Waals surface area contributed by atoms with Crippen molar-refractivity contribution in [3.05, 3.63) is 35.4 Å². The van der Waals surface area contributed by atoms with Gasteiger partial charge in [0.1, 0.15) is 11.6 Å². The van der Waals surface area contributed by atoms with Crippen LogP contribution in [0.25, 0.3) is 0 Å². The molecule has 0 N–H and O–H groups in total. The van der Waals surface area contributed by atoms with Gasteiger partial charge in [0.25, 0.3) is 0 Å². The minimum Gasteiger partial charge on any atom is -0.345 e. The van der Waals surface area contributed by atoms with Crippen molar-refractivity contribution in [3.63, 3.8) is 0 Å². The van der Waals surface area contributed by atoms with Crippen LogP contribution in [-0.2, 0) is 11.3 Å². The Morgan fingerprint density at radius 1 is 1.21 bits per heavy atom. The van der Waals surface area contributed by atoms with Crippen molar-refractivity contribution < 1.29 is 13.6 Å². The molecule has 1 amide bonds. The number of benzene rings is 1. The maximum Gasteiger partial charge on any atom is 0.225 e. The molecule has 1 aromatic rings. The number of amides is 1. The van der Waals surface area contributed by atoms with Gasteiger partial charge in [-0.1, -0.05) is 12.5 Å². The van der Waals surface area contributed by atoms with Crippen molar-refractivity contribution >= 4 is 5.91 Å². The van der Waals surface area contributed by atoms with Crippen molar-refractivity contribution in [2.45, 2.75) is 38.6 Å². The van der Waals surface area contributed by atoms with E-state index in [0.29, 0.717) is 23.9 Å². The molecule has 1 saturated carbocycles. The van der Waals surface area contributed by atoms with Gasteiger partial charge in [-0.3, -0.25) is 9.69 Å². The highest BCUT2D eigenvalue weighted by molar-refractivity contribution is 5.79. The molecule has 1 aromatic carbocycles. The standard InChI is InChI=1S/C19H26F2N2O/c1-22(19(24)15-3-2-4-15)12-14-7-9-23(10-8-14)13-16-5-6-17(20)11-18(16)21/h5-6,11,14-15H,2-4,7-10,12-13H2,1H3. The third-order valence-corrected chi connectivity index (χ3v) is 5.48. The zero-order chi connectivity index (χ0) is 17.1. The van der Waals surface area contributed by atoms with Gasteiger partial charge in [0.05, 0.1) is 0 Å². The quantitative estimate of drug-likeness (QED) is 0.822. The Balaban J connectivity index is 1.44. The summed E-state index contributed by atoms with van der Waals surface area (Å²) >= 11 is 0. The molecule has 132 valence electrons. The highest BCUT2D eigenvalue weighted by atomic mass is 19.1. The molecule has 1 aliphatic heterocycles. The van der Waals surface area contributed by atoms with Gasteiger partial charge in [-0.15, -0.1) is 0 Å². The summed E-state index contributed by atoms with van der Waals surface area (Å²) in [6.45, 7) is 3.14. The van der Waals surface area contributed by atoms with Crippen LogP contribution in [0.1, 0.15) is 37.7 Å². The van der Waals surface area contributed by atoms with Crippen LogP contribution in [0.4, 0.5) is 8.78 Å². The van der Waals surface area contributed by atoms with Crippen LogP contribution in [-0.4, -0.2) is 42.4 Å². The Morgan fingerprint density at radius 3 is 2.50 bits per heavy atom. The van der Waals surface area contributed by atoms with Crippen LogP contribution in [0.5, 0.6) is 0 Å². The Hall–Kier alpha value is -1.49. The fourth-order valence-corrected chi connectivity index (χ4v) is 3.66. The molecule has 0 unspecified atom stereocenters. The molecule has 0 aromatic heterocycles. The van der Waals surface area contributed by atoms with Crippen LogP contribution < -0.4 is 0 Å². The number of rotatable bonds is 5. The van der Waals surface area contributed by atoms with E-state index in [0.717, 1.165) is 51.4 Å². The summed E-state index contributed by atoms with van der Waals surface area (Å²) in [4.78, 5) is 16.3. The predicted octanol–water partition coefficient (Wildman–Crippen LogP) is 3.44. The van der Waals surface area contributed by atoms with Gasteiger partial charge in [-0.2, -0.15) is 0 Å². The number of piperidine rings is 1. The third kappa shape index (κ3) is 4.12. The SMILES string of the molecule is CN(CC1CCN(Cc2ccc(F)cc2F)CC1)C(=O)C1CCC1. The van der Waals surface area contributed by atoms with E-state index in [1.54, 1.807) is 0 Å². The monoisotopic (exact) mass is 336 g/mol. The Bertz CT molecular complexity index is 581. The van der Waals surface area contributed by atoms with Gasteiger partial charge in [0.15, 0.2) is 0 Å². The lowest BCUT2D eigenvalue weighted by molar-refractivity contribution is -0.137. The van der Waals surface area contributed by atoms with Gasteiger partial charge >= 0.3 is 0 Å². The Kier molecular flexibility index (Phi) is 5.49. The minimum atomic E-state index is -0.533. The average Bonchev–Trinajstić information content (AvgIpc) is 2.50. The van der Waals surface area contributed by atoms with E-state index < -0.39 is 11.6 Å². The number of hydrogen-bond donors (Lipinski definition) is 0. The van der Waals surface area contributed by atoms with E-state index in [2.05, 4.69) is 4.90 Å².